The van der Waals surface area contributed by atoms with E-state index in [2.05, 4.69) is 63.6 Å². The minimum Gasteiger partial charge on any atom is -0.491 e. The molecule has 28 heavy (non-hydrogen) atoms. The van der Waals surface area contributed by atoms with Crippen molar-refractivity contribution in [3.05, 3.63) is 26.6 Å². The van der Waals surface area contributed by atoms with Gasteiger partial charge in [-0.15, -0.1) is 0 Å². The van der Waals surface area contributed by atoms with Crippen LogP contribution in [0.25, 0.3) is 0 Å². The van der Waals surface area contributed by atoms with Gasteiger partial charge in [0.25, 0.3) is 0 Å². The highest BCUT2D eigenvalue weighted by Gasteiger charge is 2.51. The first-order chi connectivity index (χ1) is 12.8. The highest BCUT2D eigenvalue weighted by atomic mass is 79.9. The van der Waals surface area contributed by atoms with Gasteiger partial charge in [-0.05, 0) is 34.1 Å². The molecular weight excluding hydrogens is 442 g/mol. The van der Waals surface area contributed by atoms with Crippen LogP contribution < -0.4 is 10.2 Å². The lowest BCUT2D eigenvalue weighted by molar-refractivity contribution is -0.113. The van der Waals surface area contributed by atoms with Crippen LogP contribution in [0.1, 0.15) is 46.4 Å². The minimum atomic E-state index is -2.16. The van der Waals surface area contributed by atoms with Crippen molar-refractivity contribution < 1.29 is 19.0 Å². The molecule has 2 rings (SSSR count). The number of pyridine rings is 1. The van der Waals surface area contributed by atoms with Crippen LogP contribution in [0.2, 0.25) is 18.1 Å². The van der Waals surface area contributed by atoms with E-state index in [1.165, 1.54) is 7.11 Å². The maximum Gasteiger partial charge on any atom is 0.237 e. The zero-order valence-electron chi connectivity index (χ0n) is 18.3. The van der Waals surface area contributed by atoms with E-state index in [-0.39, 0.29) is 35.9 Å². The molecule has 2 heterocycles. The number of halogens is 1. The molecule has 0 saturated heterocycles. The Morgan fingerprint density at radius 1 is 1.36 bits per heavy atom. The second-order valence-electron chi connectivity index (χ2n) is 9.54. The zero-order chi connectivity index (χ0) is 21.5. The lowest BCUT2D eigenvalue weighted by Gasteiger charge is -2.50. The number of ether oxygens (including phenoxy) is 2. The summed E-state index contributed by atoms with van der Waals surface area (Å²) >= 11 is 3.35. The maximum atomic E-state index is 12.8. The van der Waals surface area contributed by atoms with Gasteiger partial charge in [0.05, 0.1) is 42.7 Å². The van der Waals surface area contributed by atoms with E-state index in [0.717, 1.165) is 5.69 Å². The third kappa shape index (κ3) is 4.26. The number of aliphatic hydroxyl groups excluding tert-OH is 1. The van der Waals surface area contributed by atoms with Gasteiger partial charge in [-0.1, -0.05) is 34.6 Å². The monoisotopic (exact) mass is 475 g/mol. The summed E-state index contributed by atoms with van der Waals surface area (Å²) in [5, 5.41) is 9.27. The van der Waals surface area contributed by atoms with Crippen LogP contribution in [0.5, 0.6) is 5.75 Å². The molecule has 1 N–H and O–H groups in total. The van der Waals surface area contributed by atoms with Crippen LogP contribution in [-0.4, -0.2) is 44.4 Å². The lowest BCUT2D eigenvalue weighted by atomic mass is 9.76. The summed E-state index contributed by atoms with van der Waals surface area (Å²) in [6.45, 7) is 16.0. The van der Waals surface area contributed by atoms with Gasteiger partial charge in [0.2, 0.25) is 5.43 Å². The third-order valence-corrected chi connectivity index (χ3v) is 11.2. The number of fused-ring (bicyclic) bond motifs is 1. The fraction of sp³-hybridized carbons (Fsp3) is 0.750. The number of aromatic nitrogens is 1. The van der Waals surface area contributed by atoms with Crippen LogP contribution in [0.15, 0.2) is 15.5 Å². The Bertz CT molecular complexity index is 769. The molecule has 2 atom stereocenters. The molecule has 1 aliphatic heterocycles. The minimum absolute atomic E-state index is 0.00963. The molecule has 0 aliphatic carbocycles. The predicted molar refractivity (Wildman–Crippen MR) is 117 cm³/mol. The highest BCUT2D eigenvalue weighted by molar-refractivity contribution is 9.10. The van der Waals surface area contributed by atoms with Crippen molar-refractivity contribution in [1.82, 2.24) is 4.57 Å². The van der Waals surface area contributed by atoms with Crippen LogP contribution in [-0.2, 0) is 15.7 Å². The van der Waals surface area contributed by atoms with E-state index in [9.17, 15) is 9.90 Å². The van der Waals surface area contributed by atoms with Gasteiger partial charge in [0, 0.05) is 18.2 Å². The molecule has 1 aliphatic rings. The summed E-state index contributed by atoms with van der Waals surface area (Å²) in [6.07, 6.45) is 1.23. The quantitative estimate of drug-likeness (QED) is 0.627. The average Bonchev–Trinajstić information content (AvgIpc) is 2.57. The summed E-state index contributed by atoms with van der Waals surface area (Å²) in [6, 6.07) is 0. The first-order valence-corrected chi connectivity index (χ1v) is 13.3. The molecule has 160 valence electrons. The smallest absolute Gasteiger partial charge is 0.237 e. The van der Waals surface area contributed by atoms with Gasteiger partial charge in [0.15, 0.2) is 14.1 Å². The van der Waals surface area contributed by atoms with Gasteiger partial charge in [-0.25, -0.2) is 0 Å². The van der Waals surface area contributed by atoms with Crippen molar-refractivity contribution in [3.8, 4) is 5.75 Å². The predicted octanol–water partition coefficient (Wildman–Crippen LogP) is 4.10. The standard InChI is InChI=1S/C20H34BrNO5Si/c1-19(2,3)28(7,8)27-18-15-17(25-6)16(24)13(21)11-22(15)12-14(20(18,4)5)26-10-9-23/h11,14,18,23H,9-10,12H2,1-8H3. The van der Waals surface area contributed by atoms with E-state index in [1.807, 2.05) is 4.57 Å². The topological polar surface area (TPSA) is 69.9 Å². The number of aliphatic hydroxyl groups is 1. The fourth-order valence-corrected chi connectivity index (χ4v) is 5.10. The summed E-state index contributed by atoms with van der Waals surface area (Å²) in [4.78, 5) is 12.8. The molecule has 1 aromatic rings. The molecule has 2 unspecified atom stereocenters. The lowest BCUT2D eigenvalue weighted by Crippen LogP contribution is -2.52. The van der Waals surface area contributed by atoms with Crippen molar-refractivity contribution in [3.63, 3.8) is 0 Å². The fourth-order valence-electron chi connectivity index (χ4n) is 3.31. The van der Waals surface area contributed by atoms with Crippen LogP contribution in [0.4, 0.5) is 0 Å². The van der Waals surface area contributed by atoms with Gasteiger partial charge in [0.1, 0.15) is 0 Å². The molecular formula is C20H34BrNO5Si. The Balaban J connectivity index is 2.69. The molecule has 0 amide bonds. The average molecular weight is 476 g/mol. The Morgan fingerprint density at radius 2 is 1.96 bits per heavy atom. The molecule has 8 heteroatoms. The number of nitrogens with zero attached hydrogens (tertiary/aromatic N) is 1. The van der Waals surface area contributed by atoms with E-state index >= 15 is 0 Å². The van der Waals surface area contributed by atoms with Gasteiger partial charge in [-0.2, -0.15) is 0 Å². The highest BCUT2D eigenvalue weighted by Crippen LogP contribution is 2.51. The molecule has 6 nitrogen and oxygen atoms in total. The number of hydrogen-bond acceptors (Lipinski definition) is 5. The van der Waals surface area contributed by atoms with Crippen molar-refractivity contribution >= 4 is 24.2 Å². The number of methoxy groups -OCH3 is 1. The normalized spacial score (nSPS) is 22.1. The molecule has 0 aromatic carbocycles. The molecule has 0 spiro atoms. The number of hydrogen-bond donors (Lipinski definition) is 1. The molecule has 0 fully saturated rings. The Kier molecular flexibility index (Phi) is 6.93. The first-order valence-electron chi connectivity index (χ1n) is 9.65. The van der Waals surface area contributed by atoms with Crippen LogP contribution in [0.3, 0.4) is 0 Å². The summed E-state index contributed by atoms with van der Waals surface area (Å²) in [7, 11) is -0.642. The molecule has 0 saturated carbocycles. The summed E-state index contributed by atoms with van der Waals surface area (Å²) in [5.74, 6) is 0.312. The van der Waals surface area contributed by atoms with E-state index in [4.69, 9.17) is 13.9 Å². The van der Waals surface area contributed by atoms with Gasteiger partial charge in [-0.3, -0.25) is 4.79 Å². The van der Waals surface area contributed by atoms with Crippen LogP contribution in [0, 0.1) is 5.41 Å². The van der Waals surface area contributed by atoms with Crippen molar-refractivity contribution in [2.24, 2.45) is 5.41 Å². The molecule has 0 radical (unpaired) electrons. The van der Waals surface area contributed by atoms with Crippen molar-refractivity contribution in [2.75, 3.05) is 20.3 Å². The Morgan fingerprint density at radius 3 is 2.46 bits per heavy atom. The van der Waals surface area contributed by atoms with E-state index in [0.29, 0.717) is 16.8 Å². The number of rotatable bonds is 6. The van der Waals surface area contributed by atoms with Crippen molar-refractivity contribution in [1.29, 1.82) is 0 Å². The SMILES string of the molecule is COc1c2n(cc(Br)c1=O)CC(OCCO)C(C)(C)C2O[Si](C)(C)C(C)(C)C. The molecule has 0 bridgehead atoms. The largest absolute Gasteiger partial charge is 0.491 e. The maximum absolute atomic E-state index is 12.8. The molecule has 1 aromatic heterocycles. The third-order valence-electron chi connectivity index (χ3n) is 6.18. The van der Waals surface area contributed by atoms with Gasteiger partial charge >= 0.3 is 0 Å². The van der Waals surface area contributed by atoms with E-state index < -0.39 is 13.7 Å². The zero-order valence-corrected chi connectivity index (χ0v) is 20.8. The summed E-state index contributed by atoms with van der Waals surface area (Å²) < 4.78 is 20.9. The first kappa shape index (κ1) is 23.6. The van der Waals surface area contributed by atoms with Gasteiger partial charge < -0.3 is 23.6 Å². The second-order valence-corrected chi connectivity index (χ2v) is 15.2. The van der Waals surface area contributed by atoms with Crippen LogP contribution >= 0.6 is 15.9 Å². The summed E-state index contributed by atoms with van der Waals surface area (Å²) in [5.41, 5.74) is 0.163. The van der Waals surface area contributed by atoms with E-state index in [1.54, 1.807) is 6.20 Å². The van der Waals surface area contributed by atoms with Crippen molar-refractivity contribution in [2.45, 2.75) is 71.5 Å². The second kappa shape index (κ2) is 8.22. The Labute approximate surface area is 177 Å². The Hall–Kier alpha value is -0.673.